The monoisotopic (exact) mass is 414 g/mol. The van der Waals surface area contributed by atoms with Crippen LogP contribution in [0.25, 0.3) is 21.9 Å². The van der Waals surface area contributed by atoms with Gasteiger partial charge in [-0.2, -0.15) is 0 Å². The quantitative estimate of drug-likeness (QED) is 0.473. The van der Waals surface area contributed by atoms with Crippen LogP contribution in [0.5, 0.6) is 0 Å². The summed E-state index contributed by atoms with van der Waals surface area (Å²) in [5, 5.41) is 5.04. The third-order valence-corrected chi connectivity index (χ3v) is 5.58. The van der Waals surface area contributed by atoms with Gasteiger partial charge >= 0.3 is 0 Å². The summed E-state index contributed by atoms with van der Waals surface area (Å²) in [6.45, 7) is 0. The summed E-state index contributed by atoms with van der Waals surface area (Å²) in [5.74, 6) is 0.877. The molecule has 0 bridgehead atoms. The molecule has 7 heteroatoms. The van der Waals surface area contributed by atoms with E-state index < -0.39 is 6.17 Å². The number of fused-ring (bicyclic) bond motifs is 3. The molecule has 1 aromatic carbocycles. The fourth-order valence-electron chi connectivity index (χ4n) is 3.94. The highest BCUT2D eigenvalue weighted by Crippen LogP contribution is 2.38. The maximum atomic E-state index is 14.0. The van der Waals surface area contributed by atoms with Crippen LogP contribution in [-0.4, -0.2) is 25.9 Å². The predicted octanol–water partition coefficient (Wildman–Crippen LogP) is 4.99. The number of nitrogens with zero attached hydrogens (tertiary/aromatic N) is 4. The molecule has 1 aliphatic carbocycles. The minimum absolute atomic E-state index is 0.0986. The average molecular weight is 415 g/mol. The van der Waals surface area contributed by atoms with Gasteiger partial charge in [0.05, 0.1) is 29.3 Å². The second-order valence-corrected chi connectivity index (χ2v) is 7.70. The van der Waals surface area contributed by atoms with E-state index in [9.17, 15) is 4.39 Å². The van der Waals surface area contributed by atoms with Gasteiger partial charge in [0.1, 0.15) is 23.8 Å². The van der Waals surface area contributed by atoms with Crippen LogP contribution < -0.4 is 0 Å². The maximum absolute atomic E-state index is 14.0. The molecule has 5 rings (SSSR count). The maximum Gasteiger partial charge on any atom is 0.124 e. The van der Waals surface area contributed by atoms with Gasteiger partial charge in [0, 0.05) is 22.0 Å². The highest BCUT2D eigenvalue weighted by molar-refractivity contribution is 9.10. The highest BCUT2D eigenvalue weighted by atomic mass is 79.9. The molecule has 0 spiro atoms. The van der Waals surface area contributed by atoms with Gasteiger partial charge in [0.15, 0.2) is 0 Å². The Bertz CT molecular complexity index is 1090. The normalized spacial score (nSPS) is 20.4. The Morgan fingerprint density at radius 1 is 1.23 bits per heavy atom. The van der Waals surface area contributed by atoms with E-state index in [2.05, 4.69) is 36.7 Å². The summed E-state index contributed by atoms with van der Waals surface area (Å²) in [5.41, 5.74) is 3.57. The molecule has 4 aromatic rings. The standard InChI is InChI=1S/C19H16BrFN4O/c20-11-1-4-16-15(7-11)19-17(10-22-16)23-18(9-13-5-6-26-24-13)25(19)14-3-2-12(21)8-14/h1,4-7,10,12,14H,2-3,8-9H2. The van der Waals surface area contributed by atoms with Crippen molar-refractivity contribution in [1.82, 2.24) is 19.7 Å². The van der Waals surface area contributed by atoms with E-state index in [0.29, 0.717) is 19.3 Å². The average Bonchev–Trinajstić information content (AvgIpc) is 3.35. The van der Waals surface area contributed by atoms with Crippen LogP contribution in [-0.2, 0) is 6.42 Å². The minimum Gasteiger partial charge on any atom is -0.364 e. The lowest BCUT2D eigenvalue weighted by molar-refractivity contribution is 0.330. The minimum atomic E-state index is -0.753. The van der Waals surface area contributed by atoms with Crippen LogP contribution in [0.15, 0.2) is 45.7 Å². The van der Waals surface area contributed by atoms with Gasteiger partial charge in [-0.15, -0.1) is 0 Å². The van der Waals surface area contributed by atoms with Crippen molar-refractivity contribution in [2.45, 2.75) is 37.9 Å². The van der Waals surface area contributed by atoms with Gasteiger partial charge in [0.25, 0.3) is 0 Å². The lowest BCUT2D eigenvalue weighted by atomic mass is 10.1. The second kappa shape index (κ2) is 6.16. The van der Waals surface area contributed by atoms with E-state index >= 15 is 0 Å². The Labute approximate surface area is 157 Å². The first-order valence-corrected chi connectivity index (χ1v) is 9.47. The fourth-order valence-corrected chi connectivity index (χ4v) is 4.31. The van der Waals surface area contributed by atoms with Crippen molar-refractivity contribution >= 4 is 37.9 Å². The molecule has 0 aliphatic heterocycles. The summed E-state index contributed by atoms with van der Waals surface area (Å²) in [7, 11) is 0. The van der Waals surface area contributed by atoms with Gasteiger partial charge in [-0.25, -0.2) is 9.37 Å². The zero-order chi connectivity index (χ0) is 17.7. The number of halogens is 2. The number of aromatic nitrogens is 4. The van der Waals surface area contributed by atoms with E-state index in [1.165, 1.54) is 0 Å². The molecule has 5 nitrogen and oxygen atoms in total. The van der Waals surface area contributed by atoms with E-state index in [4.69, 9.17) is 9.51 Å². The van der Waals surface area contributed by atoms with Crippen LogP contribution >= 0.6 is 15.9 Å². The number of alkyl halides is 1. The molecule has 3 heterocycles. The van der Waals surface area contributed by atoms with Gasteiger partial charge in [0.2, 0.25) is 0 Å². The van der Waals surface area contributed by atoms with Crippen LogP contribution in [0.3, 0.4) is 0 Å². The molecule has 0 amide bonds. The molecule has 1 fully saturated rings. The van der Waals surface area contributed by atoms with Crippen molar-refractivity contribution in [1.29, 1.82) is 0 Å². The Hall–Kier alpha value is -2.28. The van der Waals surface area contributed by atoms with Crippen LogP contribution in [0.1, 0.15) is 36.8 Å². The summed E-state index contributed by atoms with van der Waals surface area (Å²) in [6.07, 6.45) is 5.09. The highest BCUT2D eigenvalue weighted by Gasteiger charge is 2.29. The summed E-state index contributed by atoms with van der Waals surface area (Å²) >= 11 is 3.55. The Morgan fingerprint density at radius 2 is 2.15 bits per heavy atom. The van der Waals surface area contributed by atoms with Crippen molar-refractivity contribution in [3.05, 3.63) is 52.7 Å². The number of rotatable bonds is 3. The third-order valence-electron chi connectivity index (χ3n) is 5.09. The molecule has 0 saturated heterocycles. The van der Waals surface area contributed by atoms with Crippen LogP contribution in [0.4, 0.5) is 4.39 Å². The molecule has 26 heavy (non-hydrogen) atoms. The largest absolute Gasteiger partial charge is 0.364 e. The van der Waals surface area contributed by atoms with Crippen molar-refractivity contribution < 1.29 is 8.91 Å². The van der Waals surface area contributed by atoms with Gasteiger partial charge in [-0.05, 0) is 37.5 Å². The van der Waals surface area contributed by atoms with E-state index in [1.54, 1.807) is 12.5 Å². The summed E-state index contributed by atoms with van der Waals surface area (Å²) in [6, 6.07) is 7.96. The van der Waals surface area contributed by atoms with E-state index in [0.717, 1.165) is 44.3 Å². The zero-order valence-corrected chi connectivity index (χ0v) is 15.5. The predicted molar refractivity (Wildman–Crippen MR) is 99.8 cm³/mol. The van der Waals surface area contributed by atoms with Crippen molar-refractivity contribution in [2.24, 2.45) is 0 Å². The first-order valence-electron chi connectivity index (χ1n) is 8.67. The number of hydrogen-bond donors (Lipinski definition) is 0. The van der Waals surface area contributed by atoms with Crippen LogP contribution in [0.2, 0.25) is 0 Å². The number of pyridine rings is 1. The second-order valence-electron chi connectivity index (χ2n) is 6.78. The first kappa shape index (κ1) is 15.9. The lowest BCUT2D eigenvalue weighted by Gasteiger charge is -2.17. The Morgan fingerprint density at radius 3 is 2.92 bits per heavy atom. The summed E-state index contributed by atoms with van der Waals surface area (Å²) < 4.78 is 22.1. The topological polar surface area (TPSA) is 56.7 Å². The van der Waals surface area contributed by atoms with Gasteiger partial charge in [-0.1, -0.05) is 21.1 Å². The van der Waals surface area contributed by atoms with Crippen molar-refractivity contribution in [3.8, 4) is 0 Å². The van der Waals surface area contributed by atoms with Gasteiger partial charge in [-0.3, -0.25) is 4.98 Å². The number of benzene rings is 1. The molecule has 0 radical (unpaired) electrons. The van der Waals surface area contributed by atoms with E-state index in [-0.39, 0.29) is 6.04 Å². The van der Waals surface area contributed by atoms with Crippen LogP contribution in [0, 0.1) is 0 Å². The molecule has 132 valence electrons. The van der Waals surface area contributed by atoms with Gasteiger partial charge < -0.3 is 9.09 Å². The number of hydrogen-bond acceptors (Lipinski definition) is 4. The lowest BCUT2D eigenvalue weighted by Crippen LogP contribution is -2.11. The first-order chi connectivity index (χ1) is 12.7. The van der Waals surface area contributed by atoms with Crippen molar-refractivity contribution in [2.75, 3.05) is 0 Å². The molecule has 0 N–H and O–H groups in total. The molecule has 3 aromatic heterocycles. The fraction of sp³-hybridized carbons (Fsp3) is 0.316. The number of imidazole rings is 1. The van der Waals surface area contributed by atoms with E-state index in [1.807, 2.05) is 18.2 Å². The molecular formula is C19H16BrFN4O. The third kappa shape index (κ3) is 2.61. The molecular weight excluding hydrogens is 399 g/mol. The molecule has 1 aliphatic rings. The molecule has 2 unspecified atom stereocenters. The molecule has 2 atom stereocenters. The molecule has 1 saturated carbocycles. The smallest absolute Gasteiger partial charge is 0.124 e. The van der Waals surface area contributed by atoms with Crippen molar-refractivity contribution in [3.63, 3.8) is 0 Å². The zero-order valence-electron chi connectivity index (χ0n) is 13.9. The Balaban J connectivity index is 1.77. The SMILES string of the molecule is FC1CCC(n2c(Cc3ccon3)nc3cnc4ccc(Br)cc4c32)C1. The summed E-state index contributed by atoms with van der Waals surface area (Å²) in [4.78, 5) is 9.36. The Kier molecular flexibility index (Phi) is 3.77.